The minimum atomic E-state index is -0.495. The van der Waals surface area contributed by atoms with E-state index in [1.807, 2.05) is 0 Å². The van der Waals surface area contributed by atoms with Gasteiger partial charge in [-0.05, 0) is 48.5 Å². The fraction of sp³-hybridized carbons (Fsp3) is 0.0500. The second-order valence-electron chi connectivity index (χ2n) is 5.73. The highest BCUT2D eigenvalue weighted by Crippen LogP contribution is 2.27. The van der Waals surface area contributed by atoms with Crippen LogP contribution < -0.4 is 10.6 Å². The van der Waals surface area contributed by atoms with Crippen molar-refractivity contribution in [2.45, 2.75) is 0 Å². The molecule has 8 heteroatoms. The summed E-state index contributed by atoms with van der Waals surface area (Å²) >= 11 is 6.17. The molecule has 0 bridgehead atoms. The number of amides is 1. The lowest BCUT2D eigenvalue weighted by Crippen LogP contribution is -2.12. The summed E-state index contributed by atoms with van der Waals surface area (Å²) in [4.78, 5) is 28.1. The molecule has 0 atom stereocenters. The van der Waals surface area contributed by atoms with Crippen LogP contribution in [0.25, 0.3) is 0 Å². The van der Waals surface area contributed by atoms with Crippen molar-refractivity contribution in [1.29, 1.82) is 0 Å². The van der Waals surface area contributed by atoms with Crippen molar-refractivity contribution < 1.29 is 18.7 Å². The SMILES string of the molecule is COC(=O)c1ccc(Cl)c(Nc2cncc(C(=O)Nc3ccc(F)cc3)c2)c1. The molecule has 2 aromatic carbocycles. The maximum Gasteiger partial charge on any atom is 0.337 e. The quantitative estimate of drug-likeness (QED) is 0.610. The molecule has 28 heavy (non-hydrogen) atoms. The number of esters is 1. The van der Waals surface area contributed by atoms with Crippen LogP contribution in [-0.2, 0) is 4.74 Å². The monoisotopic (exact) mass is 399 g/mol. The van der Waals surface area contributed by atoms with E-state index in [2.05, 4.69) is 15.6 Å². The first kappa shape index (κ1) is 19.3. The first-order valence-electron chi connectivity index (χ1n) is 8.13. The Bertz CT molecular complexity index is 1030. The Morgan fingerprint density at radius 1 is 1.00 bits per heavy atom. The molecular formula is C20H15ClFN3O3. The van der Waals surface area contributed by atoms with E-state index in [0.717, 1.165) is 0 Å². The lowest BCUT2D eigenvalue weighted by atomic mass is 10.2. The van der Waals surface area contributed by atoms with Crippen LogP contribution in [0.1, 0.15) is 20.7 Å². The van der Waals surface area contributed by atoms with E-state index in [9.17, 15) is 14.0 Å². The zero-order chi connectivity index (χ0) is 20.1. The van der Waals surface area contributed by atoms with Crippen LogP contribution in [0.3, 0.4) is 0 Å². The van der Waals surface area contributed by atoms with E-state index in [0.29, 0.717) is 27.6 Å². The number of aromatic nitrogens is 1. The summed E-state index contributed by atoms with van der Waals surface area (Å²) in [6.07, 6.45) is 2.91. The lowest BCUT2D eigenvalue weighted by Gasteiger charge is -2.11. The molecule has 3 rings (SSSR count). The molecule has 1 heterocycles. The van der Waals surface area contributed by atoms with Crippen molar-refractivity contribution in [3.63, 3.8) is 0 Å². The normalized spacial score (nSPS) is 10.2. The molecule has 0 aliphatic rings. The molecule has 0 spiro atoms. The third kappa shape index (κ3) is 4.63. The Kier molecular flexibility index (Phi) is 5.86. The molecule has 0 saturated heterocycles. The number of nitrogens with zero attached hydrogens (tertiary/aromatic N) is 1. The zero-order valence-corrected chi connectivity index (χ0v) is 15.5. The summed E-state index contributed by atoms with van der Waals surface area (Å²) in [6.45, 7) is 0. The maximum absolute atomic E-state index is 13.0. The molecule has 6 nitrogen and oxygen atoms in total. The fourth-order valence-corrected chi connectivity index (χ4v) is 2.56. The molecule has 1 aromatic heterocycles. The molecule has 142 valence electrons. The van der Waals surface area contributed by atoms with E-state index < -0.39 is 17.7 Å². The van der Waals surface area contributed by atoms with Gasteiger partial charge in [0.1, 0.15) is 5.82 Å². The van der Waals surface area contributed by atoms with Gasteiger partial charge in [-0.1, -0.05) is 11.6 Å². The smallest absolute Gasteiger partial charge is 0.337 e. The summed E-state index contributed by atoms with van der Waals surface area (Å²) in [7, 11) is 1.29. The summed E-state index contributed by atoms with van der Waals surface area (Å²) in [5.41, 5.74) is 2.03. The molecule has 3 aromatic rings. The van der Waals surface area contributed by atoms with Crippen molar-refractivity contribution in [2.24, 2.45) is 0 Å². The number of hydrogen-bond donors (Lipinski definition) is 2. The zero-order valence-electron chi connectivity index (χ0n) is 14.7. The fourth-order valence-electron chi connectivity index (χ4n) is 2.39. The van der Waals surface area contributed by atoms with Gasteiger partial charge in [0.2, 0.25) is 0 Å². The van der Waals surface area contributed by atoms with Gasteiger partial charge in [0, 0.05) is 11.9 Å². The number of hydrogen-bond acceptors (Lipinski definition) is 5. The van der Waals surface area contributed by atoms with E-state index >= 15 is 0 Å². The third-order valence-corrected chi connectivity index (χ3v) is 4.10. The number of methoxy groups -OCH3 is 1. The summed E-state index contributed by atoms with van der Waals surface area (Å²) < 4.78 is 17.7. The minimum absolute atomic E-state index is 0.287. The van der Waals surface area contributed by atoms with Crippen LogP contribution in [0.15, 0.2) is 60.9 Å². The minimum Gasteiger partial charge on any atom is -0.465 e. The standard InChI is InChI=1S/C20H15ClFN3O3/c1-28-20(27)12-2-7-17(21)18(9-12)24-16-8-13(10-23-11-16)19(26)25-15-5-3-14(22)4-6-15/h2-11,24H,1H3,(H,25,26). The molecule has 0 unspecified atom stereocenters. The number of rotatable bonds is 5. The number of carbonyl (C=O) groups is 2. The average molecular weight is 400 g/mol. The highest BCUT2D eigenvalue weighted by atomic mass is 35.5. The molecule has 0 saturated carbocycles. The molecule has 2 N–H and O–H groups in total. The highest BCUT2D eigenvalue weighted by molar-refractivity contribution is 6.33. The summed E-state index contributed by atoms with van der Waals surface area (Å²) in [6, 6.07) is 11.7. The number of nitrogens with one attached hydrogen (secondary N) is 2. The molecule has 0 aliphatic heterocycles. The highest BCUT2D eigenvalue weighted by Gasteiger charge is 2.11. The van der Waals surface area contributed by atoms with Crippen molar-refractivity contribution in [3.8, 4) is 0 Å². The van der Waals surface area contributed by atoms with Crippen molar-refractivity contribution in [3.05, 3.63) is 82.9 Å². The van der Waals surface area contributed by atoms with Crippen molar-refractivity contribution in [2.75, 3.05) is 17.7 Å². The van der Waals surface area contributed by atoms with Crippen LogP contribution in [0.2, 0.25) is 5.02 Å². The van der Waals surface area contributed by atoms with Crippen LogP contribution >= 0.6 is 11.6 Å². The van der Waals surface area contributed by atoms with E-state index in [1.54, 1.807) is 24.3 Å². The van der Waals surface area contributed by atoms with Gasteiger partial charge >= 0.3 is 5.97 Å². The summed E-state index contributed by atoms with van der Waals surface area (Å²) in [5, 5.41) is 6.07. The Labute approximate surface area is 165 Å². The molecule has 0 aliphatic carbocycles. The van der Waals surface area contributed by atoms with Crippen LogP contribution in [-0.4, -0.2) is 24.0 Å². The van der Waals surface area contributed by atoms with Gasteiger partial charge in [-0.25, -0.2) is 9.18 Å². The van der Waals surface area contributed by atoms with Gasteiger partial charge in [-0.15, -0.1) is 0 Å². The number of carbonyl (C=O) groups excluding carboxylic acids is 2. The number of ether oxygens (including phenoxy) is 1. The second kappa shape index (κ2) is 8.49. The van der Waals surface area contributed by atoms with E-state index in [4.69, 9.17) is 16.3 Å². The van der Waals surface area contributed by atoms with Gasteiger partial charge in [0.15, 0.2) is 0 Å². The average Bonchev–Trinajstić information content (AvgIpc) is 2.71. The van der Waals surface area contributed by atoms with Gasteiger partial charge in [0.25, 0.3) is 5.91 Å². The van der Waals surface area contributed by atoms with Gasteiger partial charge in [-0.3, -0.25) is 9.78 Å². The Morgan fingerprint density at radius 2 is 1.75 bits per heavy atom. The van der Waals surface area contributed by atoms with Crippen molar-refractivity contribution >= 4 is 40.5 Å². The van der Waals surface area contributed by atoms with Crippen molar-refractivity contribution in [1.82, 2.24) is 4.98 Å². The molecular weight excluding hydrogens is 385 g/mol. The molecule has 1 amide bonds. The predicted octanol–water partition coefficient (Wildman–Crippen LogP) is 4.66. The van der Waals surface area contributed by atoms with Crippen LogP contribution in [0, 0.1) is 5.82 Å². The van der Waals surface area contributed by atoms with Gasteiger partial charge in [0.05, 0.1) is 40.8 Å². The predicted molar refractivity (Wildman–Crippen MR) is 105 cm³/mol. The number of benzene rings is 2. The lowest BCUT2D eigenvalue weighted by molar-refractivity contribution is 0.0600. The molecule has 0 radical (unpaired) electrons. The molecule has 0 fully saturated rings. The Balaban J connectivity index is 1.79. The summed E-state index contributed by atoms with van der Waals surface area (Å²) in [5.74, 6) is -1.29. The first-order chi connectivity index (χ1) is 13.5. The van der Waals surface area contributed by atoms with Crippen LogP contribution in [0.5, 0.6) is 0 Å². The van der Waals surface area contributed by atoms with E-state index in [-0.39, 0.29) is 5.56 Å². The third-order valence-electron chi connectivity index (χ3n) is 3.77. The maximum atomic E-state index is 13.0. The largest absolute Gasteiger partial charge is 0.465 e. The number of pyridine rings is 1. The van der Waals surface area contributed by atoms with Gasteiger partial charge < -0.3 is 15.4 Å². The number of halogens is 2. The van der Waals surface area contributed by atoms with E-state index in [1.165, 1.54) is 43.8 Å². The first-order valence-corrected chi connectivity index (χ1v) is 8.51. The van der Waals surface area contributed by atoms with Crippen LogP contribution in [0.4, 0.5) is 21.5 Å². The Hall–Kier alpha value is -3.45. The number of anilines is 3. The van der Waals surface area contributed by atoms with Gasteiger partial charge in [-0.2, -0.15) is 0 Å². The Morgan fingerprint density at radius 3 is 2.46 bits per heavy atom. The topological polar surface area (TPSA) is 80.3 Å². The second-order valence-corrected chi connectivity index (χ2v) is 6.14.